The zero-order valence-electron chi connectivity index (χ0n) is 10.9. The Morgan fingerprint density at radius 2 is 1.70 bits per heavy atom. The maximum Gasteiger partial charge on any atom is 0.0656 e. The van der Waals surface area contributed by atoms with Crippen molar-refractivity contribution in [2.45, 2.75) is 0 Å². The van der Waals surface area contributed by atoms with Crippen molar-refractivity contribution < 1.29 is 0 Å². The first-order valence-corrected chi connectivity index (χ1v) is 6.54. The van der Waals surface area contributed by atoms with E-state index in [9.17, 15) is 0 Å². The molecule has 0 heterocycles. The Kier molecular flexibility index (Phi) is 4.38. The van der Waals surface area contributed by atoms with E-state index in [4.69, 9.17) is 28.8 Å². The summed E-state index contributed by atoms with van der Waals surface area (Å²) in [7, 11) is 0. The van der Waals surface area contributed by atoms with Gasteiger partial charge in [-0.15, -0.1) is 0 Å². The van der Waals surface area contributed by atoms with E-state index in [0.717, 1.165) is 16.9 Å². The molecule has 0 aromatic heterocycles. The Hall–Kier alpha value is -2.33. The van der Waals surface area contributed by atoms with Crippen LogP contribution in [0.3, 0.4) is 0 Å². The fourth-order valence-corrected chi connectivity index (χ4v) is 1.90. The predicted octanol–water partition coefficient (Wildman–Crippen LogP) is 3.21. The van der Waals surface area contributed by atoms with Crippen LogP contribution >= 0.6 is 11.6 Å². The summed E-state index contributed by atoms with van der Waals surface area (Å²) in [6, 6.07) is 11.0. The minimum absolute atomic E-state index is 0.472. The van der Waals surface area contributed by atoms with Gasteiger partial charge < -0.3 is 22.5 Å². The highest BCUT2D eigenvalue weighted by Crippen LogP contribution is 2.26. The van der Waals surface area contributed by atoms with Crippen molar-refractivity contribution in [3.63, 3.8) is 0 Å². The Bertz CT molecular complexity index is 621. The fourth-order valence-electron chi connectivity index (χ4n) is 1.73. The third-order valence-corrected chi connectivity index (χ3v) is 3.16. The van der Waals surface area contributed by atoms with Gasteiger partial charge in [0.2, 0.25) is 0 Å². The summed E-state index contributed by atoms with van der Waals surface area (Å²) in [6.45, 7) is 0.673. The first-order valence-electron chi connectivity index (χ1n) is 6.16. The molecule has 0 unspecified atom stereocenters. The smallest absolute Gasteiger partial charge is 0.0656 e. The molecule has 0 fully saturated rings. The second-order valence-corrected chi connectivity index (χ2v) is 4.82. The van der Waals surface area contributed by atoms with Crippen molar-refractivity contribution in [2.75, 3.05) is 29.1 Å². The van der Waals surface area contributed by atoms with E-state index in [1.54, 1.807) is 12.1 Å². The first-order chi connectivity index (χ1) is 9.56. The molecule has 0 radical (unpaired) electrons. The van der Waals surface area contributed by atoms with Crippen molar-refractivity contribution >= 4 is 40.4 Å². The Labute approximate surface area is 123 Å². The van der Waals surface area contributed by atoms with Crippen LogP contribution in [-0.4, -0.2) is 6.54 Å². The van der Waals surface area contributed by atoms with E-state index in [0.29, 0.717) is 22.9 Å². The molecule has 0 saturated carbocycles. The van der Waals surface area contributed by atoms with Gasteiger partial charge in [0.25, 0.3) is 0 Å². The molecule has 20 heavy (non-hydrogen) atoms. The van der Waals surface area contributed by atoms with E-state index in [1.165, 1.54) is 0 Å². The predicted molar refractivity (Wildman–Crippen MR) is 88.7 cm³/mol. The van der Waals surface area contributed by atoms with Gasteiger partial charge in [0.1, 0.15) is 0 Å². The molecule has 0 aliphatic rings. The number of halogens is 1. The van der Waals surface area contributed by atoms with Crippen LogP contribution in [0.2, 0.25) is 5.02 Å². The molecule has 0 aliphatic carbocycles. The normalized spacial score (nSPS) is 10.8. The molecule has 0 spiro atoms. The van der Waals surface area contributed by atoms with Crippen molar-refractivity contribution in [3.05, 3.63) is 53.1 Å². The minimum Gasteiger partial charge on any atom is -0.399 e. The highest BCUT2D eigenvalue weighted by molar-refractivity contribution is 6.33. The monoisotopic (exact) mass is 288 g/mol. The number of hydrogen-bond acceptors (Lipinski definition) is 4. The van der Waals surface area contributed by atoms with Crippen LogP contribution < -0.4 is 22.5 Å². The van der Waals surface area contributed by atoms with Gasteiger partial charge in [-0.3, -0.25) is 0 Å². The van der Waals surface area contributed by atoms with Gasteiger partial charge in [0.15, 0.2) is 0 Å². The maximum absolute atomic E-state index is 5.89. The quantitative estimate of drug-likeness (QED) is 0.650. The molecule has 0 bridgehead atoms. The number of nitrogens with two attached hydrogens (primary N) is 3. The zero-order chi connectivity index (χ0) is 14.5. The van der Waals surface area contributed by atoms with Gasteiger partial charge in [0.05, 0.1) is 10.7 Å². The lowest BCUT2D eigenvalue weighted by molar-refractivity contribution is 1.34. The Balaban J connectivity index is 1.97. The largest absolute Gasteiger partial charge is 0.399 e. The number of anilines is 4. The van der Waals surface area contributed by atoms with Gasteiger partial charge in [-0.2, -0.15) is 0 Å². The Morgan fingerprint density at radius 1 is 1.00 bits per heavy atom. The molecule has 0 amide bonds. The molecule has 0 saturated heterocycles. The SMILES string of the molecule is Nc1ccc(NC/C=C/c2cc(N)c(Cl)cc2N)cc1. The average molecular weight is 289 g/mol. The lowest BCUT2D eigenvalue weighted by Crippen LogP contribution is -1.98. The van der Waals surface area contributed by atoms with Gasteiger partial charge in [-0.1, -0.05) is 23.8 Å². The van der Waals surface area contributed by atoms with E-state index < -0.39 is 0 Å². The van der Waals surface area contributed by atoms with E-state index >= 15 is 0 Å². The summed E-state index contributed by atoms with van der Waals surface area (Å²) in [5, 5.41) is 3.72. The third-order valence-electron chi connectivity index (χ3n) is 2.83. The zero-order valence-corrected chi connectivity index (χ0v) is 11.7. The van der Waals surface area contributed by atoms with Crippen molar-refractivity contribution in [1.29, 1.82) is 0 Å². The number of nitrogen functional groups attached to an aromatic ring is 3. The second kappa shape index (κ2) is 6.21. The van der Waals surface area contributed by atoms with Gasteiger partial charge in [-0.25, -0.2) is 0 Å². The summed E-state index contributed by atoms with van der Waals surface area (Å²) in [5.41, 5.74) is 21.0. The molecule has 2 rings (SSSR count). The van der Waals surface area contributed by atoms with E-state index in [-0.39, 0.29) is 0 Å². The number of benzene rings is 2. The summed E-state index contributed by atoms with van der Waals surface area (Å²) < 4.78 is 0. The minimum atomic E-state index is 0.472. The van der Waals surface area contributed by atoms with Crippen LogP contribution in [-0.2, 0) is 0 Å². The van der Waals surface area contributed by atoms with Gasteiger partial charge in [0, 0.05) is 23.6 Å². The molecule has 5 heteroatoms. The highest BCUT2D eigenvalue weighted by Gasteiger charge is 2.01. The fraction of sp³-hybridized carbons (Fsp3) is 0.0667. The van der Waals surface area contributed by atoms with Crippen LogP contribution in [0.25, 0.3) is 6.08 Å². The highest BCUT2D eigenvalue weighted by atomic mass is 35.5. The lowest BCUT2D eigenvalue weighted by Gasteiger charge is -2.05. The first kappa shape index (κ1) is 14.1. The maximum atomic E-state index is 5.89. The third kappa shape index (κ3) is 3.59. The molecule has 4 nitrogen and oxygen atoms in total. The van der Waals surface area contributed by atoms with Crippen LogP contribution in [0.1, 0.15) is 5.56 Å². The molecule has 2 aromatic carbocycles. The Morgan fingerprint density at radius 3 is 2.40 bits per heavy atom. The van der Waals surface area contributed by atoms with E-state index in [1.807, 2.05) is 36.4 Å². The second-order valence-electron chi connectivity index (χ2n) is 4.41. The molecule has 7 N–H and O–H groups in total. The van der Waals surface area contributed by atoms with Crippen LogP contribution in [0.4, 0.5) is 22.7 Å². The van der Waals surface area contributed by atoms with E-state index in [2.05, 4.69) is 5.32 Å². The number of nitrogens with one attached hydrogen (secondary N) is 1. The van der Waals surface area contributed by atoms with Gasteiger partial charge in [-0.05, 0) is 42.0 Å². The van der Waals surface area contributed by atoms with Crippen LogP contribution in [0, 0.1) is 0 Å². The van der Waals surface area contributed by atoms with Crippen LogP contribution in [0.15, 0.2) is 42.5 Å². The number of hydrogen-bond donors (Lipinski definition) is 4. The molecule has 0 aliphatic heterocycles. The topological polar surface area (TPSA) is 90.1 Å². The van der Waals surface area contributed by atoms with Crippen LogP contribution in [0.5, 0.6) is 0 Å². The van der Waals surface area contributed by atoms with Crippen molar-refractivity contribution in [1.82, 2.24) is 0 Å². The lowest BCUT2D eigenvalue weighted by atomic mass is 10.1. The molecular weight excluding hydrogens is 272 g/mol. The summed E-state index contributed by atoms with van der Waals surface area (Å²) >= 11 is 5.89. The van der Waals surface area contributed by atoms with Gasteiger partial charge >= 0.3 is 0 Å². The average Bonchev–Trinajstić information content (AvgIpc) is 2.42. The van der Waals surface area contributed by atoms with Crippen molar-refractivity contribution in [2.24, 2.45) is 0 Å². The summed E-state index contributed by atoms with van der Waals surface area (Å²) in [4.78, 5) is 0. The number of rotatable bonds is 4. The molecule has 104 valence electrons. The standard InChI is InChI=1S/C15H17ClN4/c16-13-9-14(18)10(8-15(13)19)2-1-7-20-12-5-3-11(17)4-6-12/h1-6,8-9,20H,7,17-19H2/b2-1+. The molecule has 2 aromatic rings. The molecular formula is C15H17ClN4. The summed E-state index contributed by atoms with van der Waals surface area (Å²) in [5.74, 6) is 0. The molecule has 0 atom stereocenters. The van der Waals surface area contributed by atoms with Crippen molar-refractivity contribution in [3.8, 4) is 0 Å². The summed E-state index contributed by atoms with van der Waals surface area (Å²) in [6.07, 6.45) is 3.88.